The van der Waals surface area contributed by atoms with Crippen molar-refractivity contribution in [2.45, 2.75) is 33.2 Å². The molecule has 0 aromatic heterocycles. The van der Waals surface area contributed by atoms with Gasteiger partial charge in [0.2, 0.25) is 0 Å². The molecule has 2 aromatic rings. The molecule has 3 heteroatoms. The van der Waals surface area contributed by atoms with E-state index in [4.69, 9.17) is 5.73 Å². The second-order valence-electron chi connectivity index (χ2n) is 4.63. The van der Waals surface area contributed by atoms with Crippen molar-refractivity contribution >= 4 is 17.2 Å². The zero-order valence-electron chi connectivity index (χ0n) is 14.4. The zero-order valence-corrected chi connectivity index (χ0v) is 14.4. The van der Waals surface area contributed by atoms with E-state index < -0.39 is 0 Å². The minimum atomic E-state index is 0.0393. The van der Waals surface area contributed by atoms with Gasteiger partial charge in [-0.1, -0.05) is 56.3 Å². The van der Waals surface area contributed by atoms with Crippen molar-refractivity contribution in [3.8, 4) is 0 Å². The van der Waals surface area contributed by atoms with E-state index >= 15 is 0 Å². The number of hydrogen-bond acceptors (Lipinski definition) is 3. The Labute approximate surface area is 140 Å². The van der Waals surface area contributed by atoms with Gasteiger partial charge in [-0.2, -0.15) is 0 Å². The van der Waals surface area contributed by atoms with E-state index in [2.05, 4.69) is 18.5 Å². The monoisotopic (exact) mass is 312 g/mol. The molecule has 0 spiro atoms. The van der Waals surface area contributed by atoms with Crippen LogP contribution in [0.5, 0.6) is 0 Å². The van der Waals surface area contributed by atoms with Gasteiger partial charge in [0.15, 0.2) is 5.78 Å². The summed E-state index contributed by atoms with van der Waals surface area (Å²) in [6.07, 6.45) is 0.443. The first kappa shape index (κ1) is 20.5. The van der Waals surface area contributed by atoms with Crippen LogP contribution in [0, 0.1) is 0 Å². The van der Waals surface area contributed by atoms with Crippen LogP contribution in [-0.2, 0) is 0 Å². The van der Waals surface area contributed by atoms with Crippen molar-refractivity contribution in [2.24, 2.45) is 0 Å². The first-order valence-electron chi connectivity index (χ1n) is 7.86. The molecule has 0 saturated heterocycles. The summed E-state index contributed by atoms with van der Waals surface area (Å²) in [7, 11) is 0. The van der Waals surface area contributed by atoms with Gasteiger partial charge in [0.25, 0.3) is 0 Å². The van der Waals surface area contributed by atoms with E-state index in [0.717, 1.165) is 11.3 Å². The van der Waals surface area contributed by atoms with Gasteiger partial charge in [0, 0.05) is 18.0 Å². The summed E-state index contributed by atoms with van der Waals surface area (Å²) >= 11 is 0. The molecule has 1 atom stereocenters. The summed E-state index contributed by atoms with van der Waals surface area (Å²) in [5.74, 6) is 0.134. The van der Waals surface area contributed by atoms with Crippen LogP contribution in [0.2, 0.25) is 0 Å². The molecule has 0 saturated carbocycles. The second kappa shape index (κ2) is 12.0. The largest absolute Gasteiger partial charge is 0.397 e. The molecular formula is C20H28N2O. The molecule has 23 heavy (non-hydrogen) atoms. The number of nitrogen functional groups attached to an aromatic ring is 1. The Morgan fingerprint density at radius 2 is 1.57 bits per heavy atom. The number of carbonyl (C=O) groups excluding carboxylic acids is 1. The van der Waals surface area contributed by atoms with Crippen LogP contribution in [-0.4, -0.2) is 11.8 Å². The quantitative estimate of drug-likeness (QED) is 0.455. The molecule has 2 aromatic carbocycles. The first-order valence-corrected chi connectivity index (χ1v) is 7.86. The number of ketones is 1. The van der Waals surface area contributed by atoms with Crippen molar-refractivity contribution < 1.29 is 4.79 Å². The van der Waals surface area contributed by atoms with E-state index in [-0.39, 0.29) is 11.8 Å². The maximum absolute atomic E-state index is 12.1. The lowest BCUT2D eigenvalue weighted by Gasteiger charge is -2.16. The topological polar surface area (TPSA) is 55.1 Å². The summed E-state index contributed by atoms with van der Waals surface area (Å²) in [6, 6.07) is 16.9. The van der Waals surface area contributed by atoms with E-state index in [9.17, 15) is 4.79 Å². The highest BCUT2D eigenvalue weighted by Gasteiger charge is 2.11. The lowest BCUT2D eigenvalue weighted by atomic mass is 10.0. The predicted molar refractivity (Wildman–Crippen MR) is 102 cm³/mol. The van der Waals surface area contributed by atoms with E-state index in [1.807, 2.05) is 75.4 Å². The van der Waals surface area contributed by atoms with Crippen LogP contribution in [0.1, 0.15) is 37.6 Å². The normalized spacial score (nSPS) is 10.2. The molecule has 0 bridgehead atoms. The number of nitrogens with two attached hydrogens (primary N) is 1. The van der Waals surface area contributed by atoms with E-state index in [0.29, 0.717) is 12.1 Å². The molecule has 3 nitrogen and oxygen atoms in total. The minimum Gasteiger partial charge on any atom is -0.397 e. The number of hydrogen-bond donors (Lipinski definition) is 2. The second-order valence-corrected chi connectivity index (χ2v) is 4.63. The fraction of sp³-hybridized carbons (Fsp3) is 0.250. The molecule has 124 valence electrons. The highest BCUT2D eigenvalue weighted by Crippen LogP contribution is 2.19. The Morgan fingerprint density at radius 1 is 1.04 bits per heavy atom. The van der Waals surface area contributed by atoms with Gasteiger partial charge in [-0.25, -0.2) is 0 Å². The fourth-order valence-electron chi connectivity index (χ4n) is 1.96. The van der Waals surface area contributed by atoms with Gasteiger partial charge in [0.1, 0.15) is 0 Å². The summed E-state index contributed by atoms with van der Waals surface area (Å²) in [4.78, 5) is 12.1. The first-order chi connectivity index (χ1) is 11.2. The van der Waals surface area contributed by atoms with Crippen LogP contribution in [0.15, 0.2) is 67.8 Å². The molecular weight excluding hydrogens is 284 g/mol. The molecule has 0 aliphatic heterocycles. The average molecular weight is 312 g/mol. The summed E-state index contributed by atoms with van der Waals surface area (Å²) in [5.41, 5.74) is 8.18. The van der Waals surface area contributed by atoms with Gasteiger partial charge in [-0.3, -0.25) is 4.79 Å². The lowest BCUT2D eigenvalue weighted by Crippen LogP contribution is -2.20. The maximum Gasteiger partial charge on any atom is 0.164 e. The number of rotatable bonds is 5. The number of Topliss-reactive ketones (excluding diaryl/α,β-unsaturated/α-hetero) is 1. The summed E-state index contributed by atoms with van der Waals surface area (Å²) in [5, 5.41) is 3.26. The number of para-hydroxylation sites is 2. The molecule has 0 aliphatic carbocycles. The van der Waals surface area contributed by atoms with E-state index in [1.54, 1.807) is 0 Å². The molecule has 2 rings (SSSR count). The van der Waals surface area contributed by atoms with Gasteiger partial charge < -0.3 is 11.1 Å². The van der Waals surface area contributed by atoms with Crippen molar-refractivity contribution in [1.82, 2.24) is 0 Å². The van der Waals surface area contributed by atoms with Gasteiger partial charge in [-0.15, -0.1) is 13.2 Å². The van der Waals surface area contributed by atoms with Crippen LogP contribution >= 0.6 is 0 Å². The number of anilines is 2. The molecule has 0 heterocycles. The van der Waals surface area contributed by atoms with Crippen LogP contribution in [0.3, 0.4) is 0 Å². The Kier molecular flexibility index (Phi) is 10.7. The van der Waals surface area contributed by atoms with Crippen molar-refractivity contribution in [3.63, 3.8) is 0 Å². The number of carbonyl (C=O) groups is 1. The van der Waals surface area contributed by atoms with Crippen LogP contribution < -0.4 is 11.1 Å². The third-order valence-corrected chi connectivity index (χ3v) is 2.95. The lowest BCUT2D eigenvalue weighted by molar-refractivity contribution is 0.0978. The highest BCUT2D eigenvalue weighted by molar-refractivity contribution is 5.96. The van der Waals surface area contributed by atoms with Crippen molar-refractivity contribution in [2.75, 3.05) is 11.1 Å². The van der Waals surface area contributed by atoms with E-state index in [1.165, 1.54) is 0 Å². The predicted octanol–water partition coefficient (Wildman–Crippen LogP) is 5.17. The zero-order chi connectivity index (χ0) is 17.7. The Balaban J connectivity index is 0.00000112. The van der Waals surface area contributed by atoms with Crippen molar-refractivity contribution in [3.05, 3.63) is 73.3 Å². The molecule has 0 radical (unpaired) electrons. The Hall–Kier alpha value is -2.55. The smallest absolute Gasteiger partial charge is 0.164 e. The van der Waals surface area contributed by atoms with Crippen LogP contribution in [0.4, 0.5) is 11.4 Å². The van der Waals surface area contributed by atoms with Gasteiger partial charge in [-0.05, 0) is 19.1 Å². The number of nitrogens with one attached hydrogen (secondary N) is 1. The molecule has 1 unspecified atom stereocenters. The summed E-state index contributed by atoms with van der Waals surface area (Å²) in [6.45, 7) is 12.0. The third-order valence-electron chi connectivity index (χ3n) is 2.95. The van der Waals surface area contributed by atoms with Crippen molar-refractivity contribution in [1.29, 1.82) is 0 Å². The minimum absolute atomic E-state index is 0.0393. The average Bonchev–Trinajstić information content (AvgIpc) is 2.61. The highest BCUT2D eigenvalue weighted by atomic mass is 16.1. The molecule has 3 N–H and O–H groups in total. The third kappa shape index (κ3) is 7.32. The SMILES string of the molecule is C=C.CC.CC(CC(=O)c1ccccc1)Nc1ccccc1N. The molecule has 0 aliphatic rings. The van der Waals surface area contributed by atoms with Gasteiger partial charge in [0.05, 0.1) is 11.4 Å². The summed E-state index contributed by atoms with van der Waals surface area (Å²) < 4.78 is 0. The molecule has 0 fully saturated rings. The van der Waals surface area contributed by atoms with Crippen LogP contribution in [0.25, 0.3) is 0 Å². The number of benzene rings is 2. The fourth-order valence-corrected chi connectivity index (χ4v) is 1.96. The maximum atomic E-state index is 12.1. The standard InChI is InChI=1S/C16H18N2O.C2H6.C2H4/c1-12(18-15-10-6-5-9-14(15)17)11-16(19)13-7-3-2-4-8-13;2*1-2/h2-10,12,18H,11,17H2,1H3;1-2H3;1-2H2. The Bertz CT molecular complexity index is 567. The Morgan fingerprint density at radius 3 is 2.13 bits per heavy atom. The van der Waals surface area contributed by atoms with Gasteiger partial charge >= 0.3 is 0 Å². The molecule has 0 amide bonds.